The summed E-state index contributed by atoms with van der Waals surface area (Å²) in [6, 6.07) is 8.53. The van der Waals surface area contributed by atoms with Crippen molar-refractivity contribution in [2.75, 3.05) is 6.54 Å². The number of aryl methyl sites for hydroxylation is 1. The third kappa shape index (κ3) is 1.75. The van der Waals surface area contributed by atoms with Gasteiger partial charge < -0.3 is 5.73 Å². The third-order valence-electron chi connectivity index (χ3n) is 2.36. The van der Waals surface area contributed by atoms with Crippen molar-refractivity contribution in [3.05, 3.63) is 41.7 Å². The molecule has 0 aliphatic rings. The van der Waals surface area contributed by atoms with Crippen LogP contribution in [-0.4, -0.2) is 11.5 Å². The van der Waals surface area contributed by atoms with Crippen molar-refractivity contribution in [1.82, 2.24) is 4.98 Å². The summed E-state index contributed by atoms with van der Waals surface area (Å²) in [5.74, 6) is 0. The average molecular weight is 186 g/mol. The first kappa shape index (κ1) is 9.16. The maximum absolute atomic E-state index is 5.51. The Morgan fingerprint density at radius 2 is 2.07 bits per heavy atom. The van der Waals surface area contributed by atoms with Crippen LogP contribution in [0.15, 0.2) is 30.5 Å². The molecule has 1 aromatic heterocycles. The second-order valence-electron chi connectivity index (χ2n) is 3.55. The van der Waals surface area contributed by atoms with Crippen LogP contribution in [0.4, 0.5) is 0 Å². The summed E-state index contributed by atoms with van der Waals surface area (Å²) in [6.07, 6.45) is 2.86. The molecule has 0 fully saturated rings. The van der Waals surface area contributed by atoms with Gasteiger partial charge in [0, 0.05) is 17.3 Å². The van der Waals surface area contributed by atoms with Gasteiger partial charge >= 0.3 is 0 Å². The van der Waals surface area contributed by atoms with E-state index in [1.165, 1.54) is 16.3 Å². The lowest BCUT2D eigenvalue weighted by atomic mass is 10.1. The number of pyridine rings is 1. The SMILES string of the molecule is Cc1cc2ccc(CCN)cc2cn1. The van der Waals surface area contributed by atoms with Gasteiger partial charge in [-0.3, -0.25) is 4.98 Å². The molecular formula is C12H14N2. The second kappa shape index (κ2) is 3.76. The highest BCUT2D eigenvalue weighted by Crippen LogP contribution is 2.16. The van der Waals surface area contributed by atoms with Crippen molar-refractivity contribution < 1.29 is 0 Å². The predicted octanol–water partition coefficient (Wildman–Crippen LogP) is 2.04. The summed E-state index contributed by atoms with van der Waals surface area (Å²) >= 11 is 0. The summed E-state index contributed by atoms with van der Waals surface area (Å²) in [4.78, 5) is 4.28. The summed E-state index contributed by atoms with van der Waals surface area (Å²) in [7, 11) is 0. The summed E-state index contributed by atoms with van der Waals surface area (Å²) in [5.41, 5.74) is 7.86. The quantitative estimate of drug-likeness (QED) is 0.779. The Bertz CT molecular complexity index is 449. The van der Waals surface area contributed by atoms with Crippen LogP contribution in [0, 0.1) is 6.92 Å². The Morgan fingerprint density at radius 3 is 2.86 bits per heavy atom. The van der Waals surface area contributed by atoms with Crippen LogP contribution in [0.3, 0.4) is 0 Å². The lowest BCUT2D eigenvalue weighted by molar-refractivity contribution is 0.971. The number of nitrogens with two attached hydrogens (primary N) is 1. The van der Waals surface area contributed by atoms with E-state index in [0.717, 1.165) is 12.1 Å². The second-order valence-corrected chi connectivity index (χ2v) is 3.55. The molecule has 2 heteroatoms. The lowest BCUT2D eigenvalue weighted by Gasteiger charge is -2.02. The van der Waals surface area contributed by atoms with Crippen LogP contribution in [-0.2, 0) is 6.42 Å². The first-order valence-corrected chi connectivity index (χ1v) is 4.85. The van der Waals surface area contributed by atoms with Crippen molar-refractivity contribution in [3.63, 3.8) is 0 Å². The molecule has 2 nitrogen and oxygen atoms in total. The summed E-state index contributed by atoms with van der Waals surface area (Å²) < 4.78 is 0. The molecule has 0 spiro atoms. The van der Waals surface area contributed by atoms with Crippen molar-refractivity contribution >= 4 is 10.8 Å². The molecule has 14 heavy (non-hydrogen) atoms. The van der Waals surface area contributed by atoms with Crippen molar-refractivity contribution in [2.45, 2.75) is 13.3 Å². The number of nitrogens with zero attached hydrogens (tertiary/aromatic N) is 1. The monoisotopic (exact) mass is 186 g/mol. The van der Waals surface area contributed by atoms with Crippen LogP contribution in [0.5, 0.6) is 0 Å². The van der Waals surface area contributed by atoms with Gasteiger partial charge in [0.05, 0.1) is 0 Å². The standard InChI is InChI=1S/C12H14N2/c1-9-6-11-3-2-10(4-5-13)7-12(11)8-14-9/h2-3,6-8H,4-5,13H2,1H3. The minimum atomic E-state index is 0.699. The minimum absolute atomic E-state index is 0.699. The molecule has 1 aromatic carbocycles. The van der Waals surface area contributed by atoms with Crippen molar-refractivity contribution in [2.24, 2.45) is 5.73 Å². The molecule has 2 aromatic rings. The summed E-state index contributed by atoms with van der Waals surface area (Å²) in [6.45, 7) is 2.71. The van der Waals surface area contributed by atoms with Gasteiger partial charge in [0.15, 0.2) is 0 Å². The maximum atomic E-state index is 5.51. The highest BCUT2D eigenvalue weighted by atomic mass is 14.6. The van der Waals surface area contributed by atoms with Crippen LogP contribution in [0.2, 0.25) is 0 Å². The van der Waals surface area contributed by atoms with E-state index in [9.17, 15) is 0 Å². The van der Waals surface area contributed by atoms with Crippen LogP contribution in [0.1, 0.15) is 11.3 Å². The van der Waals surface area contributed by atoms with Gasteiger partial charge in [0.25, 0.3) is 0 Å². The molecule has 0 aliphatic carbocycles. The van der Waals surface area contributed by atoms with E-state index in [2.05, 4.69) is 29.2 Å². The highest BCUT2D eigenvalue weighted by molar-refractivity contribution is 5.82. The van der Waals surface area contributed by atoms with Gasteiger partial charge in [0.1, 0.15) is 0 Å². The van der Waals surface area contributed by atoms with Crippen molar-refractivity contribution in [1.29, 1.82) is 0 Å². The molecule has 0 unspecified atom stereocenters. The number of aromatic nitrogens is 1. The van der Waals surface area contributed by atoms with Gasteiger partial charge in [0.2, 0.25) is 0 Å². The first-order valence-electron chi connectivity index (χ1n) is 4.85. The van der Waals surface area contributed by atoms with Gasteiger partial charge in [-0.1, -0.05) is 12.1 Å². The molecule has 72 valence electrons. The lowest BCUT2D eigenvalue weighted by Crippen LogP contribution is -2.02. The van der Waals surface area contributed by atoms with Gasteiger partial charge in [-0.2, -0.15) is 0 Å². The van der Waals surface area contributed by atoms with Gasteiger partial charge in [-0.25, -0.2) is 0 Å². The van der Waals surface area contributed by atoms with E-state index < -0.39 is 0 Å². The van der Waals surface area contributed by atoms with E-state index in [0.29, 0.717) is 6.54 Å². The van der Waals surface area contributed by atoms with E-state index in [1.807, 2.05) is 13.1 Å². The number of hydrogen-bond donors (Lipinski definition) is 1. The number of fused-ring (bicyclic) bond motifs is 1. The zero-order chi connectivity index (χ0) is 9.97. The molecule has 0 saturated heterocycles. The van der Waals surface area contributed by atoms with Crippen LogP contribution in [0.25, 0.3) is 10.8 Å². The largest absolute Gasteiger partial charge is 0.330 e. The Morgan fingerprint density at radius 1 is 1.21 bits per heavy atom. The maximum Gasteiger partial charge on any atom is 0.0379 e. The van der Waals surface area contributed by atoms with E-state index in [4.69, 9.17) is 5.73 Å². The Balaban J connectivity index is 2.50. The van der Waals surface area contributed by atoms with Crippen molar-refractivity contribution in [3.8, 4) is 0 Å². The normalized spacial score (nSPS) is 10.7. The fourth-order valence-electron chi connectivity index (χ4n) is 1.62. The molecule has 0 amide bonds. The van der Waals surface area contributed by atoms with E-state index in [-0.39, 0.29) is 0 Å². The van der Waals surface area contributed by atoms with Crippen LogP contribution >= 0.6 is 0 Å². The number of rotatable bonds is 2. The fourth-order valence-corrected chi connectivity index (χ4v) is 1.62. The zero-order valence-electron chi connectivity index (χ0n) is 8.33. The highest BCUT2D eigenvalue weighted by Gasteiger charge is 1.96. The minimum Gasteiger partial charge on any atom is -0.330 e. The molecular weight excluding hydrogens is 172 g/mol. The molecule has 1 heterocycles. The number of benzene rings is 1. The molecule has 0 aliphatic heterocycles. The Kier molecular flexibility index (Phi) is 2.46. The van der Waals surface area contributed by atoms with E-state index >= 15 is 0 Å². The Labute approximate surface area is 83.8 Å². The van der Waals surface area contributed by atoms with Gasteiger partial charge in [-0.05, 0) is 43.0 Å². The van der Waals surface area contributed by atoms with Gasteiger partial charge in [-0.15, -0.1) is 0 Å². The molecule has 0 atom stereocenters. The smallest absolute Gasteiger partial charge is 0.0379 e. The molecule has 0 saturated carbocycles. The third-order valence-corrected chi connectivity index (χ3v) is 2.36. The average Bonchev–Trinajstić information content (AvgIpc) is 2.19. The predicted molar refractivity (Wildman–Crippen MR) is 59.2 cm³/mol. The fraction of sp³-hybridized carbons (Fsp3) is 0.250. The van der Waals surface area contributed by atoms with E-state index in [1.54, 1.807) is 0 Å². The molecule has 0 radical (unpaired) electrons. The van der Waals surface area contributed by atoms with Crippen LogP contribution < -0.4 is 5.73 Å². The summed E-state index contributed by atoms with van der Waals surface area (Å²) in [5, 5.41) is 2.44. The Hall–Kier alpha value is -1.41. The zero-order valence-corrected chi connectivity index (χ0v) is 8.33. The number of hydrogen-bond acceptors (Lipinski definition) is 2. The topological polar surface area (TPSA) is 38.9 Å². The molecule has 2 rings (SSSR count). The first-order chi connectivity index (χ1) is 6.79. The molecule has 2 N–H and O–H groups in total. The molecule has 0 bridgehead atoms.